The lowest BCUT2D eigenvalue weighted by Crippen LogP contribution is -1.85. The number of hydrogen-bond donors (Lipinski definition) is 0. The van der Waals surface area contributed by atoms with Crippen molar-refractivity contribution in [3.63, 3.8) is 0 Å². The van der Waals surface area contributed by atoms with Crippen LogP contribution in [0.3, 0.4) is 0 Å². The van der Waals surface area contributed by atoms with E-state index >= 15 is 0 Å². The molecule has 0 spiro atoms. The van der Waals surface area contributed by atoms with E-state index in [1.165, 1.54) is 19.3 Å². The van der Waals surface area contributed by atoms with Gasteiger partial charge in [0.2, 0.25) is 0 Å². The van der Waals surface area contributed by atoms with E-state index in [0.717, 1.165) is 6.61 Å². The van der Waals surface area contributed by atoms with Gasteiger partial charge in [-0.3, -0.25) is 0 Å². The first-order valence-electron chi connectivity index (χ1n) is 2.90. The SMILES string of the molecule is CCCCCOC. The van der Waals surface area contributed by atoms with Gasteiger partial charge in [-0.1, -0.05) is 19.8 Å². The molecule has 0 N–H and O–H groups in total. The summed E-state index contributed by atoms with van der Waals surface area (Å²) < 4.78 is 4.84. The summed E-state index contributed by atoms with van der Waals surface area (Å²) in [7, 11) is 1.75. The number of ether oxygens (including phenoxy) is 1. The number of rotatable bonds is 4. The maximum absolute atomic E-state index is 4.84. The molecule has 0 heterocycles. The molecule has 0 aromatic heterocycles. The molecular weight excluding hydrogens is 88.1 g/mol. The van der Waals surface area contributed by atoms with E-state index < -0.39 is 0 Å². The van der Waals surface area contributed by atoms with Crippen molar-refractivity contribution in [2.45, 2.75) is 26.2 Å². The Balaban J connectivity index is 2.45. The third-order valence-electron chi connectivity index (χ3n) is 0.952. The summed E-state index contributed by atoms with van der Waals surface area (Å²) in [6.45, 7) is 3.11. The summed E-state index contributed by atoms with van der Waals surface area (Å²) >= 11 is 0. The summed E-state index contributed by atoms with van der Waals surface area (Å²) in [5.41, 5.74) is 0. The minimum atomic E-state index is 0.924. The first-order chi connectivity index (χ1) is 3.41. The van der Waals surface area contributed by atoms with Gasteiger partial charge in [0.1, 0.15) is 0 Å². The van der Waals surface area contributed by atoms with E-state index in [1.54, 1.807) is 7.11 Å². The first kappa shape index (κ1) is 6.96. The van der Waals surface area contributed by atoms with Crippen LogP contribution in [0.2, 0.25) is 0 Å². The molecule has 0 atom stereocenters. The van der Waals surface area contributed by atoms with Gasteiger partial charge in [0.15, 0.2) is 0 Å². The molecule has 0 aliphatic carbocycles. The van der Waals surface area contributed by atoms with Gasteiger partial charge in [0.25, 0.3) is 0 Å². The molecule has 1 heteroatoms. The molecule has 0 aliphatic heterocycles. The van der Waals surface area contributed by atoms with Crippen LogP contribution in [-0.2, 0) is 4.74 Å². The lowest BCUT2D eigenvalue weighted by atomic mass is 10.3. The van der Waals surface area contributed by atoms with Gasteiger partial charge in [-0.05, 0) is 6.42 Å². The zero-order valence-corrected chi connectivity index (χ0v) is 5.24. The summed E-state index contributed by atoms with van der Waals surface area (Å²) in [4.78, 5) is 0. The highest BCUT2D eigenvalue weighted by Crippen LogP contribution is 1.91. The molecule has 0 unspecified atom stereocenters. The van der Waals surface area contributed by atoms with Gasteiger partial charge in [0, 0.05) is 13.7 Å². The molecule has 0 radical (unpaired) electrons. The van der Waals surface area contributed by atoms with Crippen molar-refractivity contribution in [2.75, 3.05) is 13.7 Å². The van der Waals surface area contributed by atoms with E-state index in [2.05, 4.69) is 6.92 Å². The molecule has 7 heavy (non-hydrogen) atoms. The fraction of sp³-hybridized carbons (Fsp3) is 1.00. The minimum absolute atomic E-state index is 0.924. The van der Waals surface area contributed by atoms with Crippen LogP contribution in [0.4, 0.5) is 0 Å². The maximum atomic E-state index is 4.84. The molecule has 0 aliphatic rings. The van der Waals surface area contributed by atoms with Crippen molar-refractivity contribution in [3.05, 3.63) is 0 Å². The Labute approximate surface area is 45.7 Å². The summed E-state index contributed by atoms with van der Waals surface area (Å²) in [6.07, 6.45) is 3.80. The van der Waals surface area contributed by atoms with E-state index in [1.807, 2.05) is 0 Å². The monoisotopic (exact) mass is 102 g/mol. The lowest BCUT2D eigenvalue weighted by molar-refractivity contribution is 0.192. The molecule has 0 aromatic carbocycles. The van der Waals surface area contributed by atoms with Crippen LogP contribution >= 0.6 is 0 Å². The number of unbranched alkanes of at least 4 members (excludes halogenated alkanes) is 2. The van der Waals surface area contributed by atoms with Crippen LogP contribution < -0.4 is 0 Å². The molecule has 1 nitrogen and oxygen atoms in total. The quantitative estimate of drug-likeness (QED) is 0.492. The number of methoxy groups -OCH3 is 1. The van der Waals surface area contributed by atoms with Crippen LogP contribution in [0, 0.1) is 0 Å². The fourth-order valence-electron chi connectivity index (χ4n) is 0.496. The summed E-state index contributed by atoms with van der Waals surface area (Å²) in [5.74, 6) is 0. The average molecular weight is 102 g/mol. The second kappa shape index (κ2) is 5.96. The van der Waals surface area contributed by atoms with Crippen molar-refractivity contribution in [2.24, 2.45) is 0 Å². The molecule has 0 saturated heterocycles. The standard InChI is InChI=1S/C6H14O/c1-3-4-5-6-7-2/h3-6H2,1-2H3. The van der Waals surface area contributed by atoms with Gasteiger partial charge in [-0.25, -0.2) is 0 Å². The summed E-state index contributed by atoms with van der Waals surface area (Å²) in [6, 6.07) is 0. The predicted molar refractivity (Wildman–Crippen MR) is 31.4 cm³/mol. The summed E-state index contributed by atoms with van der Waals surface area (Å²) in [5, 5.41) is 0. The number of hydrogen-bond acceptors (Lipinski definition) is 1. The largest absolute Gasteiger partial charge is 0.385 e. The maximum Gasteiger partial charge on any atom is 0.0462 e. The van der Waals surface area contributed by atoms with Crippen molar-refractivity contribution in [1.29, 1.82) is 0 Å². The van der Waals surface area contributed by atoms with Gasteiger partial charge in [-0.15, -0.1) is 0 Å². The van der Waals surface area contributed by atoms with Crippen molar-refractivity contribution in [3.8, 4) is 0 Å². The molecule has 0 aromatic rings. The smallest absolute Gasteiger partial charge is 0.0462 e. The molecule has 0 bridgehead atoms. The first-order valence-corrected chi connectivity index (χ1v) is 2.90. The average Bonchev–Trinajstić information content (AvgIpc) is 1.69. The minimum Gasteiger partial charge on any atom is -0.385 e. The van der Waals surface area contributed by atoms with Gasteiger partial charge in [0.05, 0.1) is 0 Å². The van der Waals surface area contributed by atoms with Crippen molar-refractivity contribution >= 4 is 0 Å². The van der Waals surface area contributed by atoms with E-state index in [-0.39, 0.29) is 0 Å². The lowest BCUT2D eigenvalue weighted by Gasteiger charge is -1.92. The van der Waals surface area contributed by atoms with Crippen molar-refractivity contribution < 1.29 is 4.74 Å². The molecule has 0 saturated carbocycles. The Morgan fingerprint density at radius 3 is 2.43 bits per heavy atom. The van der Waals surface area contributed by atoms with E-state index in [9.17, 15) is 0 Å². The highest BCUT2D eigenvalue weighted by molar-refractivity contribution is 4.32. The Kier molecular flexibility index (Phi) is 5.93. The van der Waals surface area contributed by atoms with Gasteiger partial charge >= 0.3 is 0 Å². The van der Waals surface area contributed by atoms with Crippen LogP contribution in [-0.4, -0.2) is 13.7 Å². The molecule has 0 rings (SSSR count). The van der Waals surface area contributed by atoms with Crippen LogP contribution in [0.15, 0.2) is 0 Å². The Morgan fingerprint density at radius 1 is 1.29 bits per heavy atom. The fourth-order valence-corrected chi connectivity index (χ4v) is 0.496. The van der Waals surface area contributed by atoms with Gasteiger partial charge < -0.3 is 4.74 Å². The third-order valence-corrected chi connectivity index (χ3v) is 0.952. The molecule has 44 valence electrons. The zero-order valence-electron chi connectivity index (χ0n) is 5.24. The topological polar surface area (TPSA) is 9.23 Å². The predicted octanol–water partition coefficient (Wildman–Crippen LogP) is 1.82. The van der Waals surface area contributed by atoms with E-state index in [0.29, 0.717) is 0 Å². The van der Waals surface area contributed by atoms with Gasteiger partial charge in [-0.2, -0.15) is 0 Å². The normalized spacial score (nSPS) is 9.43. The zero-order chi connectivity index (χ0) is 5.54. The molecule has 0 fully saturated rings. The Morgan fingerprint density at radius 2 is 2.00 bits per heavy atom. The second-order valence-electron chi connectivity index (χ2n) is 1.70. The third kappa shape index (κ3) is 5.96. The van der Waals surface area contributed by atoms with Crippen LogP contribution in [0.1, 0.15) is 26.2 Å². The van der Waals surface area contributed by atoms with E-state index in [4.69, 9.17) is 4.74 Å². The van der Waals surface area contributed by atoms with Crippen LogP contribution in [0.5, 0.6) is 0 Å². The molecular formula is C6H14O. The highest BCUT2D eigenvalue weighted by Gasteiger charge is 1.79. The molecule has 0 amide bonds. The van der Waals surface area contributed by atoms with Crippen molar-refractivity contribution in [1.82, 2.24) is 0 Å². The highest BCUT2D eigenvalue weighted by atomic mass is 16.5. The second-order valence-corrected chi connectivity index (χ2v) is 1.70. The Bertz CT molecular complexity index is 23.4. The Hall–Kier alpha value is -0.0400. The van der Waals surface area contributed by atoms with Crippen LogP contribution in [0.25, 0.3) is 0 Å².